The average molecular weight is 523 g/mol. The van der Waals surface area contributed by atoms with E-state index in [1.165, 1.54) is 29.7 Å². The lowest BCUT2D eigenvalue weighted by Crippen LogP contribution is -2.54. The van der Waals surface area contributed by atoms with Crippen LogP contribution >= 0.6 is 11.6 Å². The topological polar surface area (TPSA) is 154 Å². The molecule has 2 unspecified atom stereocenters. The van der Waals surface area contributed by atoms with Crippen LogP contribution in [0.15, 0.2) is 64.5 Å². The summed E-state index contributed by atoms with van der Waals surface area (Å²) in [5.74, 6) is -1.60. The predicted octanol–water partition coefficient (Wildman–Crippen LogP) is 2.65. The van der Waals surface area contributed by atoms with E-state index in [4.69, 9.17) is 16.3 Å². The van der Waals surface area contributed by atoms with Gasteiger partial charge in [0.25, 0.3) is 5.91 Å². The van der Waals surface area contributed by atoms with Crippen LogP contribution < -0.4 is 14.9 Å². The molecule has 0 saturated carbocycles. The Morgan fingerprint density at radius 1 is 1.14 bits per heavy atom. The molecule has 1 aliphatic heterocycles. The van der Waals surface area contributed by atoms with Gasteiger partial charge in [-0.05, 0) is 42.8 Å². The highest BCUT2D eigenvalue weighted by molar-refractivity contribution is 7.89. The molecule has 11 nitrogen and oxygen atoms in total. The summed E-state index contributed by atoms with van der Waals surface area (Å²) in [5, 5.41) is 9.04. The summed E-state index contributed by atoms with van der Waals surface area (Å²) in [6, 6.07) is 12.0. The molecule has 0 radical (unpaired) electrons. The number of rotatable bonds is 10. The van der Waals surface area contributed by atoms with Crippen molar-refractivity contribution in [2.24, 2.45) is 10.9 Å². The average Bonchev–Trinajstić information content (AvgIpc) is 2.83. The van der Waals surface area contributed by atoms with Crippen LogP contribution in [0.4, 0.5) is 4.79 Å². The first kappa shape index (κ1) is 26.3. The normalized spacial score (nSPS) is 15.9. The predicted molar refractivity (Wildman–Crippen MR) is 126 cm³/mol. The van der Waals surface area contributed by atoms with Crippen LogP contribution in [0.2, 0.25) is 0 Å². The number of amides is 4. The third-order valence-corrected chi connectivity index (χ3v) is 6.92. The zero-order valence-electron chi connectivity index (χ0n) is 18.5. The number of hydrogen-bond donors (Lipinski definition) is 3. The van der Waals surface area contributed by atoms with Crippen LogP contribution in [0.3, 0.4) is 0 Å². The summed E-state index contributed by atoms with van der Waals surface area (Å²) < 4.78 is 33.9. The Morgan fingerprint density at radius 2 is 1.77 bits per heavy atom. The summed E-state index contributed by atoms with van der Waals surface area (Å²) in [6.45, 7) is 1.33. The van der Waals surface area contributed by atoms with E-state index in [1.54, 1.807) is 31.2 Å². The lowest BCUT2D eigenvalue weighted by atomic mass is 9.96. The van der Waals surface area contributed by atoms with Crippen molar-refractivity contribution in [2.75, 3.05) is 6.54 Å². The highest BCUT2D eigenvalue weighted by atomic mass is 35.5. The highest BCUT2D eigenvalue weighted by Gasteiger charge is 2.37. The maximum Gasteiger partial charge on any atom is 0.351 e. The molecule has 1 heterocycles. The van der Waals surface area contributed by atoms with E-state index in [1.807, 2.05) is 6.07 Å². The molecule has 0 spiro atoms. The first-order chi connectivity index (χ1) is 16.6. The van der Waals surface area contributed by atoms with E-state index in [-0.39, 0.29) is 29.5 Å². The number of sulfonamides is 1. The van der Waals surface area contributed by atoms with Gasteiger partial charge in [0.2, 0.25) is 15.9 Å². The third kappa shape index (κ3) is 6.63. The van der Waals surface area contributed by atoms with Crippen LogP contribution in [0.25, 0.3) is 0 Å². The number of halogens is 1. The van der Waals surface area contributed by atoms with Gasteiger partial charge in [0.15, 0.2) is 0 Å². The van der Waals surface area contributed by atoms with E-state index in [0.29, 0.717) is 11.5 Å². The molecule has 0 fully saturated rings. The van der Waals surface area contributed by atoms with Gasteiger partial charge in [-0.3, -0.25) is 19.7 Å². The fraction of sp³-hybridized carbons (Fsp3) is 0.273. The smallest absolute Gasteiger partial charge is 0.351 e. The molecule has 1 aliphatic rings. The van der Waals surface area contributed by atoms with Gasteiger partial charge in [-0.25, -0.2) is 18.7 Å². The quantitative estimate of drug-likeness (QED) is 0.320. The van der Waals surface area contributed by atoms with E-state index in [0.717, 1.165) is 4.90 Å². The fourth-order valence-corrected chi connectivity index (χ4v) is 4.85. The molecule has 3 rings (SSSR count). The summed E-state index contributed by atoms with van der Waals surface area (Å²) in [7, 11) is -4.25. The molecular weight excluding hydrogens is 500 g/mol. The van der Waals surface area contributed by atoms with E-state index < -0.39 is 39.8 Å². The zero-order chi connectivity index (χ0) is 25.6. The second-order valence-corrected chi connectivity index (χ2v) is 9.73. The molecule has 186 valence electrons. The van der Waals surface area contributed by atoms with Crippen molar-refractivity contribution in [3.8, 4) is 11.5 Å². The SMILES string of the molecule is CCC(CN1C(=O)CC(Cl)=NC1=O)C(NS(=O)(=O)c1ccc(Oc2ccccc2)cc1)C(=O)NO. The summed E-state index contributed by atoms with van der Waals surface area (Å²) in [6.07, 6.45) is -0.108. The zero-order valence-corrected chi connectivity index (χ0v) is 20.1. The van der Waals surface area contributed by atoms with Crippen molar-refractivity contribution in [1.29, 1.82) is 0 Å². The molecule has 3 N–H and O–H groups in total. The molecule has 4 amide bonds. The molecule has 13 heteroatoms. The van der Waals surface area contributed by atoms with Gasteiger partial charge < -0.3 is 4.74 Å². The Morgan fingerprint density at radius 3 is 2.34 bits per heavy atom. The highest BCUT2D eigenvalue weighted by Crippen LogP contribution is 2.24. The number of hydrogen-bond acceptors (Lipinski definition) is 7. The van der Waals surface area contributed by atoms with Crippen LogP contribution in [-0.4, -0.2) is 54.1 Å². The molecule has 0 aliphatic carbocycles. The number of carbonyl (C=O) groups is 3. The van der Waals surface area contributed by atoms with E-state index >= 15 is 0 Å². The molecule has 2 aromatic carbocycles. The van der Waals surface area contributed by atoms with Gasteiger partial charge in [0, 0.05) is 12.5 Å². The van der Waals surface area contributed by atoms with Crippen LogP contribution in [0.1, 0.15) is 19.8 Å². The first-order valence-corrected chi connectivity index (χ1v) is 12.4. The van der Waals surface area contributed by atoms with Gasteiger partial charge >= 0.3 is 6.03 Å². The Kier molecular flexibility index (Phi) is 8.57. The Bertz CT molecular complexity index is 1220. The maximum atomic E-state index is 13.0. The lowest BCUT2D eigenvalue weighted by Gasteiger charge is -2.30. The Balaban J connectivity index is 1.79. The number of nitrogens with one attached hydrogen (secondary N) is 2. The molecule has 0 saturated heterocycles. The Labute approximate surface area is 206 Å². The second-order valence-electron chi connectivity index (χ2n) is 7.58. The first-order valence-electron chi connectivity index (χ1n) is 10.5. The number of benzene rings is 2. The second kappa shape index (κ2) is 11.4. The van der Waals surface area contributed by atoms with Crippen molar-refractivity contribution in [3.05, 3.63) is 54.6 Å². The molecule has 2 atom stereocenters. The minimum atomic E-state index is -4.25. The number of ether oxygens (including phenoxy) is 1. The van der Waals surface area contributed by atoms with Crippen molar-refractivity contribution in [1.82, 2.24) is 15.1 Å². The standard InChI is InChI=1S/C22H23ClN4O7S/c1-2-14(13-27-19(28)12-18(23)24-22(27)30)20(21(29)25-31)26-35(32,33)17-10-8-16(9-11-17)34-15-6-4-3-5-7-15/h3-11,14,20,26,31H,2,12-13H2,1H3,(H,25,29). The Hall–Kier alpha value is -3.32. The summed E-state index contributed by atoms with van der Waals surface area (Å²) in [4.78, 5) is 40.9. The fourth-order valence-electron chi connectivity index (χ4n) is 3.40. The number of nitrogens with zero attached hydrogens (tertiary/aromatic N) is 2. The van der Waals surface area contributed by atoms with Gasteiger partial charge in [-0.2, -0.15) is 9.71 Å². The van der Waals surface area contributed by atoms with Gasteiger partial charge in [0.05, 0.1) is 11.3 Å². The minimum Gasteiger partial charge on any atom is -0.457 e. The van der Waals surface area contributed by atoms with Crippen molar-refractivity contribution < 1.29 is 32.7 Å². The van der Waals surface area contributed by atoms with Crippen molar-refractivity contribution in [2.45, 2.75) is 30.7 Å². The largest absolute Gasteiger partial charge is 0.457 e. The molecule has 0 aromatic heterocycles. The monoisotopic (exact) mass is 522 g/mol. The number of imide groups is 1. The van der Waals surface area contributed by atoms with Crippen molar-refractivity contribution in [3.63, 3.8) is 0 Å². The number of aliphatic imine (C=N–C) groups is 1. The van der Waals surface area contributed by atoms with Crippen LogP contribution in [0, 0.1) is 5.92 Å². The van der Waals surface area contributed by atoms with Crippen LogP contribution in [0.5, 0.6) is 11.5 Å². The molecular formula is C22H23ClN4O7S. The minimum absolute atomic E-state index is 0.158. The maximum absolute atomic E-state index is 13.0. The molecule has 0 bridgehead atoms. The summed E-state index contributed by atoms with van der Waals surface area (Å²) in [5.41, 5.74) is 1.43. The molecule has 35 heavy (non-hydrogen) atoms. The van der Waals surface area contributed by atoms with Crippen molar-refractivity contribution >= 4 is 44.6 Å². The van der Waals surface area contributed by atoms with E-state index in [9.17, 15) is 28.0 Å². The lowest BCUT2D eigenvalue weighted by molar-refractivity contribution is -0.134. The number of hydroxylamine groups is 1. The third-order valence-electron chi connectivity index (χ3n) is 5.25. The van der Waals surface area contributed by atoms with Crippen LogP contribution in [-0.2, 0) is 19.6 Å². The summed E-state index contributed by atoms with van der Waals surface area (Å²) >= 11 is 5.67. The number of urea groups is 1. The van der Waals surface area contributed by atoms with E-state index in [2.05, 4.69) is 9.71 Å². The number of para-hydroxylation sites is 1. The van der Waals surface area contributed by atoms with Gasteiger partial charge in [0.1, 0.15) is 22.7 Å². The number of carbonyl (C=O) groups excluding carboxylic acids is 3. The van der Waals surface area contributed by atoms with Gasteiger partial charge in [-0.15, -0.1) is 0 Å². The van der Waals surface area contributed by atoms with Gasteiger partial charge in [-0.1, -0.05) is 36.7 Å². The molecule has 2 aromatic rings.